The van der Waals surface area contributed by atoms with Gasteiger partial charge in [0.15, 0.2) is 0 Å². The average molecular weight is 179 g/mol. The second kappa shape index (κ2) is 5.60. The Morgan fingerprint density at radius 2 is 1.92 bits per heavy atom. The van der Waals surface area contributed by atoms with E-state index in [2.05, 4.69) is 19.1 Å². The number of ether oxygens (including phenoxy) is 1. The smallest absolute Gasteiger partial charge is 0.119 e. The first-order valence-electron chi connectivity index (χ1n) is 4.78. The van der Waals surface area contributed by atoms with Crippen molar-refractivity contribution in [2.45, 2.75) is 19.8 Å². The van der Waals surface area contributed by atoms with Gasteiger partial charge in [-0.3, -0.25) is 0 Å². The summed E-state index contributed by atoms with van der Waals surface area (Å²) in [6.07, 6.45) is 2.32. The fourth-order valence-corrected chi connectivity index (χ4v) is 1.22. The molecule has 72 valence electrons. The minimum Gasteiger partial charge on any atom is -0.492 e. The number of nitrogens with two attached hydrogens (primary N) is 1. The molecule has 0 aliphatic carbocycles. The lowest BCUT2D eigenvalue weighted by atomic mass is 10.1. The molecule has 1 aromatic rings. The summed E-state index contributed by atoms with van der Waals surface area (Å²) in [4.78, 5) is 0. The predicted molar refractivity (Wildman–Crippen MR) is 55.0 cm³/mol. The van der Waals surface area contributed by atoms with Crippen molar-refractivity contribution in [2.75, 3.05) is 13.2 Å². The topological polar surface area (TPSA) is 35.2 Å². The molecule has 0 fully saturated rings. The van der Waals surface area contributed by atoms with Crippen LogP contribution in [0.2, 0.25) is 0 Å². The molecule has 0 saturated heterocycles. The molecule has 0 spiro atoms. The maximum Gasteiger partial charge on any atom is 0.119 e. The number of hydrogen-bond acceptors (Lipinski definition) is 2. The molecule has 0 saturated carbocycles. The van der Waals surface area contributed by atoms with Crippen molar-refractivity contribution in [1.82, 2.24) is 0 Å². The van der Waals surface area contributed by atoms with Crippen LogP contribution in [0.15, 0.2) is 24.3 Å². The first-order chi connectivity index (χ1) is 6.36. The summed E-state index contributed by atoms with van der Waals surface area (Å²) in [6.45, 7) is 3.34. The quantitative estimate of drug-likeness (QED) is 0.750. The van der Waals surface area contributed by atoms with E-state index in [1.54, 1.807) is 0 Å². The molecule has 2 N–H and O–H groups in total. The van der Waals surface area contributed by atoms with Gasteiger partial charge in [0.05, 0.1) is 0 Å². The van der Waals surface area contributed by atoms with Gasteiger partial charge in [-0.1, -0.05) is 25.5 Å². The highest BCUT2D eigenvalue weighted by molar-refractivity contribution is 5.27. The Kier molecular flexibility index (Phi) is 4.33. The fraction of sp³-hybridized carbons (Fsp3) is 0.455. The minimum absolute atomic E-state index is 0.566. The number of aryl methyl sites for hydroxylation is 1. The molecule has 1 rings (SSSR count). The summed E-state index contributed by atoms with van der Waals surface area (Å²) in [5.74, 6) is 0.908. The molecule has 2 heteroatoms. The molecule has 0 aromatic heterocycles. The third-order valence-electron chi connectivity index (χ3n) is 1.85. The van der Waals surface area contributed by atoms with Crippen LogP contribution in [0.3, 0.4) is 0 Å². The Bertz CT molecular complexity index is 230. The lowest BCUT2D eigenvalue weighted by molar-refractivity contribution is 0.328. The monoisotopic (exact) mass is 179 g/mol. The van der Waals surface area contributed by atoms with Crippen molar-refractivity contribution in [3.8, 4) is 5.75 Å². The Morgan fingerprint density at radius 3 is 2.46 bits per heavy atom. The zero-order chi connectivity index (χ0) is 9.52. The van der Waals surface area contributed by atoms with Gasteiger partial charge in [0.2, 0.25) is 0 Å². The van der Waals surface area contributed by atoms with E-state index >= 15 is 0 Å². The van der Waals surface area contributed by atoms with Crippen LogP contribution in [-0.4, -0.2) is 13.2 Å². The summed E-state index contributed by atoms with van der Waals surface area (Å²) in [5, 5.41) is 0. The normalized spacial score (nSPS) is 10.0. The number of hydrogen-bond donors (Lipinski definition) is 1. The molecule has 0 atom stereocenters. The van der Waals surface area contributed by atoms with E-state index in [4.69, 9.17) is 10.5 Å². The standard InChI is InChI=1S/C11H17NO/c1-2-3-10-4-6-11(7-5-10)13-9-8-12/h4-7H,2-3,8-9,12H2,1H3. The average Bonchev–Trinajstić information content (AvgIpc) is 2.17. The van der Waals surface area contributed by atoms with Gasteiger partial charge < -0.3 is 10.5 Å². The van der Waals surface area contributed by atoms with E-state index < -0.39 is 0 Å². The van der Waals surface area contributed by atoms with Gasteiger partial charge in [-0.15, -0.1) is 0 Å². The molecule has 2 nitrogen and oxygen atoms in total. The van der Waals surface area contributed by atoms with Gasteiger partial charge >= 0.3 is 0 Å². The Balaban J connectivity index is 2.48. The molecular weight excluding hydrogens is 162 g/mol. The molecule has 0 unspecified atom stereocenters. The Hall–Kier alpha value is -1.02. The zero-order valence-corrected chi connectivity index (χ0v) is 8.12. The van der Waals surface area contributed by atoms with Crippen LogP contribution in [0.1, 0.15) is 18.9 Å². The largest absolute Gasteiger partial charge is 0.492 e. The van der Waals surface area contributed by atoms with Gasteiger partial charge in [-0.25, -0.2) is 0 Å². The highest BCUT2D eigenvalue weighted by Gasteiger charge is 1.93. The molecule has 0 heterocycles. The first-order valence-corrected chi connectivity index (χ1v) is 4.78. The van der Waals surface area contributed by atoms with Crippen molar-refractivity contribution < 1.29 is 4.74 Å². The molecule has 1 aromatic carbocycles. The molecule has 0 aliphatic rings. The van der Waals surface area contributed by atoms with E-state index in [9.17, 15) is 0 Å². The van der Waals surface area contributed by atoms with Gasteiger partial charge in [0, 0.05) is 6.54 Å². The second-order valence-corrected chi connectivity index (χ2v) is 3.03. The molecule has 0 radical (unpaired) electrons. The predicted octanol–water partition coefficient (Wildman–Crippen LogP) is 1.98. The minimum atomic E-state index is 0.566. The van der Waals surface area contributed by atoms with Crippen molar-refractivity contribution in [1.29, 1.82) is 0 Å². The lowest BCUT2D eigenvalue weighted by Crippen LogP contribution is -2.10. The SMILES string of the molecule is CCCc1ccc(OCCN)cc1. The summed E-state index contributed by atoms with van der Waals surface area (Å²) >= 11 is 0. The fourth-order valence-electron chi connectivity index (χ4n) is 1.22. The molecule has 0 aliphatic heterocycles. The van der Waals surface area contributed by atoms with Gasteiger partial charge in [0.25, 0.3) is 0 Å². The molecule has 0 bridgehead atoms. The number of rotatable bonds is 5. The number of benzene rings is 1. The van der Waals surface area contributed by atoms with Crippen molar-refractivity contribution in [3.05, 3.63) is 29.8 Å². The van der Waals surface area contributed by atoms with Crippen LogP contribution in [0, 0.1) is 0 Å². The van der Waals surface area contributed by atoms with E-state index in [1.165, 1.54) is 12.0 Å². The summed E-state index contributed by atoms with van der Waals surface area (Å²) in [7, 11) is 0. The van der Waals surface area contributed by atoms with Crippen molar-refractivity contribution in [2.24, 2.45) is 5.73 Å². The van der Waals surface area contributed by atoms with Crippen LogP contribution in [-0.2, 0) is 6.42 Å². The van der Waals surface area contributed by atoms with Crippen LogP contribution in [0.4, 0.5) is 0 Å². The van der Waals surface area contributed by atoms with Gasteiger partial charge in [0.1, 0.15) is 12.4 Å². The molecule has 13 heavy (non-hydrogen) atoms. The van der Waals surface area contributed by atoms with Crippen LogP contribution in [0.25, 0.3) is 0 Å². The molecule has 0 amide bonds. The Morgan fingerprint density at radius 1 is 1.23 bits per heavy atom. The molecular formula is C11H17NO. The van der Waals surface area contributed by atoms with E-state index in [0.717, 1.165) is 12.2 Å². The maximum absolute atomic E-state index is 5.36. The van der Waals surface area contributed by atoms with Crippen LogP contribution >= 0.6 is 0 Å². The third-order valence-corrected chi connectivity index (χ3v) is 1.85. The van der Waals surface area contributed by atoms with E-state index in [0.29, 0.717) is 13.2 Å². The van der Waals surface area contributed by atoms with Crippen LogP contribution < -0.4 is 10.5 Å². The van der Waals surface area contributed by atoms with Crippen molar-refractivity contribution in [3.63, 3.8) is 0 Å². The van der Waals surface area contributed by atoms with E-state index in [-0.39, 0.29) is 0 Å². The zero-order valence-electron chi connectivity index (χ0n) is 8.12. The summed E-state index contributed by atoms with van der Waals surface area (Å²) in [6, 6.07) is 8.21. The highest BCUT2D eigenvalue weighted by Crippen LogP contribution is 2.12. The third kappa shape index (κ3) is 3.47. The maximum atomic E-state index is 5.36. The van der Waals surface area contributed by atoms with E-state index in [1.807, 2.05) is 12.1 Å². The summed E-state index contributed by atoms with van der Waals surface area (Å²) in [5.41, 5.74) is 6.69. The first kappa shape index (κ1) is 10.1. The lowest BCUT2D eigenvalue weighted by Gasteiger charge is -2.04. The Labute approximate surface area is 79.7 Å². The highest BCUT2D eigenvalue weighted by atomic mass is 16.5. The van der Waals surface area contributed by atoms with Crippen LogP contribution in [0.5, 0.6) is 5.75 Å². The van der Waals surface area contributed by atoms with Gasteiger partial charge in [-0.05, 0) is 24.1 Å². The van der Waals surface area contributed by atoms with Crippen molar-refractivity contribution >= 4 is 0 Å². The summed E-state index contributed by atoms with van der Waals surface area (Å²) < 4.78 is 5.36. The van der Waals surface area contributed by atoms with Gasteiger partial charge in [-0.2, -0.15) is 0 Å². The second-order valence-electron chi connectivity index (χ2n) is 3.03.